The predicted octanol–water partition coefficient (Wildman–Crippen LogP) is 2.14. The molecule has 0 aromatic carbocycles. The standard InChI is InChI=1S/C13H18F3NO4S/c14-13(15,16)22(19,20)17-7-21-11(18)12-4-8-1-9(5-12)3-10(2-8)6-12/h8-10,17H,1-7H2. The van der Waals surface area contributed by atoms with Crippen LogP contribution in [0.15, 0.2) is 0 Å². The summed E-state index contributed by atoms with van der Waals surface area (Å²) in [4.78, 5) is 12.3. The maximum absolute atomic E-state index is 12.3. The molecule has 9 heteroatoms. The molecule has 4 bridgehead atoms. The van der Waals surface area contributed by atoms with E-state index in [2.05, 4.69) is 0 Å². The summed E-state index contributed by atoms with van der Waals surface area (Å²) in [6.07, 6.45) is 5.49. The van der Waals surface area contributed by atoms with Crippen molar-refractivity contribution in [1.29, 1.82) is 0 Å². The van der Waals surface area contributed by atoms with Gasteiger partial charge in [-0.15, -0.1) is 0 Å². The van der Waals surface area contributed by atoms with Crippen LogP contribution in [0, 0.1) is 23.2 Å². The monoisotopic (exact) mass is 341 g/mol. The van der Waals surface area contributed by atoms with Crippen LogP contribution in [0.1, 0.15) is 38.5 Å². The smallest absolute Gasteiger partial charge is 0.448 e. The summed E-state index contributed by atoms with van der Waals surface area (Å²) in [5, 5.41) is 0. The fraction of sp³-hybridized carbons (Fsp3) is 0.923. The average Bonchev–Trinajstić information content (AvgIpc) is 2.35. The zero-order chi connectivity index (χ0) is 16.2. The van der Waals surface area contributed by atoms with Crippen LogP contribution in [0.3, 0.4) is 0 Å². The largest absolute Gasteiger partial charge is 0.511 e. The Hall–Kier alpha value is -0.830. The molecular formula is C13H18F3NO4S. The van der Waals surface area contributed by atoms with Crippen LogP contribution in [0.5, 0.6) is 0 Å². The number of hydrogen-bond donors (Lipinski definition) is 1. The molecule has 0 aliphatic heterocycles. The first-order valence-corrected chi connectivity index (χ1v) is 8.83. The second kappa shape index (κ2) is 5.09. The number of carbonyl (C=O) groups is 1. The van der Waals surface area contributed by atoms with Crippen molar-refractivity contribution in [1.82, 2.24) is 4.72 Å². The Morgan fingerprint density at radius 3 is 1.95 bits per heavy atom. The Kier molecular flexibility index (Phi) is 3.71. The van der Waals surface area contributed by atoms with E-state index in [1.165, 1.54) is 4.72 Å². The van der Waals surface area contributed by atoms with Crippen LogP contribution in [-0.4, -0.2) is 26.6 Å². The number of sulfonamides is 1. The molecule has 4 aliphatic rings. The second-order valence-electron chi connectivity index (χ2n) is 6.87. The van der Waals surface area contributed by atoms with Crippen molar-refractivity contribution >= 4 is 16.0 Å². The molecule has 0 saturated heterocycles. The summed E-state index contributed by atoms with van der Waals surface area (Å²) in [6.45, 7) is -0.970. The minimum Gasteiger partial charge on any atom is -0.448 e. The molecule has 4 fully saturated rings. The van der Waals surface area contributed by atoms with Crippen molar-refractivity contribution in [3.05, 3.63) is 0 Å². The van der Waals surface area contributed by atoms with Crippen LogP contribution < -0.4 is 4.72 Å². The first kappa shape index (κ1) is 16.0. The normalized spacial score (nSPS) is 37.3. The molecule has 4 saturated carbocycles. The topological polar surface area (TPSA) is 72.5 Å². The summed E-state index contributed by atoms with van der Waals surface area (Å²) in [5.41, 5.74) is -6.02. The van der Waals surface area contributed by atoms with Gasteiger partial charge >= 0.3 is 21.5 Å². The predicted molar refractivity (Wildman–Crippen MR) is 69.7 cm³/mol. The van der Waals surface area contributed by atoms with E-state index in [4.69, 9.17) is 4.74 Å². The van der Waals surface area contributed by atoms with Gasteiger partial charge in [0.2, 0.25) is 0 Å². The lowest BCUT2D eigenvalue weighted by Crippen LogP contribution is -2.51. The van der Waals surface area contributed by atoms with Crippen LogP contribution in [0.4, 0.5) is 13.2 Å². The van der Waals surface area contributed by atoms with Gasteiger partial charge in [0.15, 0.2) is 6.73 Å². The maximum Gasteiger partial charge on any atom is 0.511 e. The zero-order valence-corrected chi connectivity index (χ0v) is 12.7. The van der Waals surface area contributed by atoms with Gasteiger partial charge in [-0.1, -0.05) is 0 Å². The van der Waals surface area contributed by atoms with Crippen molar-refractivity contribution in [2.45, 2.75) is 44.0 Å². The van der Waals surface area contributed by atoms with Crippen LogP contribution in [0.25, 0.3) is 0 Å². The number of hydrogen-bond acceptors (Lipinski definition) is 4. The van der Waals surface area contributed by atoms with Gasteiger partial charge in [0.1, 0.15) is 0 Å². The number of nitrogens with one attached hydrogen (secondary N) is 1. The lowest BCUT2D eigenvalue weighted by Gasteiger charge is -2.55. The highest BCUT2D eigenvalue weighted by molar-refractivity contribution is 7.90. The Morgan fingerprint density at radius 2 is 1.55 bits per heavy atom. The molecule has 4 aliphatic carbocycles. The van der Waals surface area contributed by atoms with Crippen molar-refractivity contribution in [3.8, 4) is 0 Å². The van der Waals surface area contributed by atoms with E-state index in [0.29, 0.717) is 37.0 Å². The van der Waals surface area contributed by atoms with Crippen molar-refractivity contribution < 1.29 is 31.1 Å². The fourth-order valence-corrected chi connectivity index (χ4v) is 5.15. The zero-order valence-electron chi connectivity index (χ0n) is 11.9. The number of rotatable bonds is 4. The van der Waals surface area contributed by atoms with E-state index in [9.17, 15) is 26.4 Å². The molecule has 4 rings (SSSR count). The quantitative estimate of drug-likeness (QED) is 0.628. The number of alkyl halides is 3. The summed E-state index contributed by atoms with van der Waals surface area (Å²) in [7, 11) is -5.48. The second-order valence-corrected chi connectivity index (χ2v) is 8.63. The maximum atomic E-state index is 12.3. The highest BCUT2D eigenvalue weighted by atomic mass is 32.2. The molecule has 126 valence electrons. The summed E-state index contributed by atoms with van der Waals surface area (Å²) >= 11 is 0. The van der Waals surface area contributed by atoms with Gasteiger partial charge in [0.05, 0.1) is 5.41 Å². The first-order chi connectivity index (χ1) is 10.1. The molecule has 0 atom stereocenters. The van der Waals surface area contributed by atoms with Crippen molar-refractivity contribution in [2.24, 2.45) is 23.2 Å². The molecule has 0 radical (unpaired) electrons. The van der Waals surface area contributed by atoms with Crippen LogP contribution >= 0.6 is 0 Å². The third-order valence-electron chi connectivity index (χ3n) is 5.23. The number of esters is 1. The van der Waals surface area contributed by atoms with Gasteiger partial charge in [-0.05, 0) is 56.3 Å². The van der Waals surface area contributed by atoms with E-state index >= 15 is 0 Å². The van der Waals surface area contributed by atoms with Gasteiger partial charge < -0.3 is 4.74 Å². The number of ether oxygens (including phenoxy) is 1. The van der Waals surface area contributed by atoms with E-state index in [1.54, 1.807) is 0 Å². The lowest BCUT2D eigenvalue weighted by molar-refractivity contribution is -0.171. The molecule has 0 heterocycles. The molecule has 0 amide bonds. The van der Waals surface area contributed by atoms with E-state index in [-0.39, 0.29) is 0 Å². The summed E-state index contributed by atoms with van der Waals surface area (Å²) in [5.74, 6) is 0.915. The Balaban J connectivity index is 1.59. The Labute approximate surface area is 126 Å². The van der Waals surface area contributed by atoms with Gasteiger partial charge in [-0.25, -0.2) is 8.42 Å². The minimum absolute atomic E-state index is 0.491. The molecule has 1 N–H and O–H groups in total. The molecule has 0 aromatic rings. The third-order valence-corrected chi connectivity index (χ3v) is 6.34. The average molecular weight is 341 g/mol. The lowest BCUT2D eigenvalue weighted by atomic mass is 9.49. The molecule has 0 spiro atoms. The third kappa shape index (κ3) is 2.73. The summed E-state index contributed by atoms with van der Waals surface area (Å²) in [6, 6.07) is 0. The number of halogens is 3. The Morgan fingerprint density at radius 1 is 1.09 bits per heavy atom. The first-order valence-electron chi connectivity index (χ1n) is 7.34. The van der Waals surface area contributed by atoms with Crippen molar-refractivity contribution in [2.75, 3.05) is 6.73 Å². The van der Waals surface area contributed by atoms with Crippen molar-refractivity contribution in [3.63, 3.8) is 0 Å². The summed E-state index contributed by atoms with van der Waals surface area (Å²) < 4.78 is 64.3. The molecule has 0 unspecified atom stereocenters. The molecule has 0 aromatic heterocycles. The SMILES string of the molecule is O=C(OCNS(=O)(=O)C(F)(F)F)C12CC3CC(CC(C3)C1)C2. The highest BCUT2D eigenvalue weighted by Gasteiger charge is 2.55. The molecule has 22 heavy (non-hydrogen) atoms. The van der Waals surface area contributed by atoms with Gasteiger partial charge in [-0.3, -0.25) is 4.79 Å². The van der Waals surface area contributed by atoms with Crippen LogP contribution in [0.2, 0.25) is 0 Å². The van der Waals surface area contributed by atoms with E-state index < -0.39 is 33.6 Å². The van der Waals surface area contributed by atoms with E-state index in [0.717, 1.165) is 19.3 Å². The highest BCUT2D eigenvalue weighted by Crippen LogP contribution is 2.60. The van der Waals surface area contributed by atoms with Crippen LogP contribution in [-0.2, 0) is 19.6 Å². The molecular weight excluding hydrogens is 323 g/mol. The molecule has 5 nitrogen and oxygen atoms in total. The van der Waals surface area contributed by atoms with E-state index in [1.807, 2.05) is 0 Å². The minimum atomic E-state index is -5.48. The Bertz CT molecular complexity index is 537. The van der Waals surface area contributed by atoms with Gasteiger partial charge in [-0.2, -0.15) is 17.9 Å². The fourth-order valence-electron chi connectivity index (χ4n) is 4.77. The van der Waals surface area contributed by atoms with Gasteiger partial charge in [0, 0.05) is 0 Å². The number of carbonyl (C=O) groups excluding carboxylic acids is 1. The van der Waals surface area contributed by atoms with Gasteiger partial charge in [0.25, 0.3) is 0 Å².